The van der Waals surface area contributed by atoms with E-state index < -0.39 is 5.97 Å². The minimum absolute atomic E-state index is 0.00287. The third-order valence-electron chi connectivity index (χ3n) is 2.88. The number of carboxylic acid groups (broad SMARTS) is 1. The Labute approximate surface area is 81.6 Å². The maximum Gasteiger partial charge on any atom is 0.323 e. The predicted octanol–water partition coefficient (Wildman–Crippen LogP) is -0.434. The summed E-state index contributed by atoms with van der Waals surface area (Å²) in [5.41, 5.74) is 0. The molecule has 5 heteroatoms. The van der Waals surface area contributed by atoms with Gasteiger partial charge >= 0.3 is 5.97 Å². The molecule has 78 valence electrons. The number of carbonyl (C=O) groups excluding carboxylic acids is 1. The number of rotatable bonds is 2. The standard InChI is InChI=1S/C9H13NO4/c11-8(12)4-10-3-6-5-14-2-1-7(6)9(10)13/h6-7H,1-5H2,(H,11,12). The molecule has 5 nitrogen and oxygen atoms in total. The largest absolute Gasteiger partial charge is 0.480 e. The summed E-state index contributed by atoms with van der Waals surface area (Å²) in [4.78, 5) is 23.6. The highest BCUT2D eigenvalue weighted by Gasteiger charge is 2.42. The molecule has 0 aromatic carbocycles. The molecule has 0 radical (unpaired) electrons. The molecule has 14 heavy (non-hydrogen) atoms. The van der Waals surface area contributed by atoms with Gasteiger partial charge in [0.1, 0.15) is 6.54 Å². The van der Waals surface area contributed by atoms with E-state index in [9.17, 15) is 9.59 Å². The SMILES string of the molecule is O=C(O)CN1CC2COCCC2C1=O. The van der Waals surface area contributed by atoms with Crippen molar-refractivity contribution in [2.24, 2.45) is 11.8 Å². The van der Waals surface area contributed by atoms with Crippen LogP contribution in [-0.4, -0.2) is 48.2 Å². The van der Waals surface area contributed by atoms with Gasteiger partial charge in [-0.25, -0.2) is 0 Å². The number of aliphatic carboxylic acids is 1. The first-order valence-electron chi connectivity index (χ1n) is 4.77. The Morgan fingerprint density at radius 2 is 2.43 bits per heavy atom. The van der Waals surface area contributed by atoms with Gasteiger partial charge < -0.3 is 14.7 Å². The molecule has 1 N–H and O–H groups in total. The van der Waals surface area contributed by atoms with Crippen molar-refractivity contribution in [1.82, 2.24) is 4.90 Å². The Morgan fingerprint density at radius 1 is 1.64 bits per heavy atom. The second-order valence-electron chi connectivity index (χ2n) is 3.84. The fraction of sp³-hybridized carbons (Fsp3) is 0.778. The molecule has 0 aliphatic carbocycles. The van der Waals surface area contributed by atoms with Gasteiger partial charge in [-0.15, -0.1) is 0 Å². The van der Waals surface area contributed by atoms with Gasteiger partial charge in [-0.05, 0) is 6.42 Å². The van der Waals surface area contributed by atoms with E-state index in [1.54, 1.807) is 0 Å². The van der Waals surface area contributed by atoms with Crippen LogP contribution >= 0.6 is 0 Å². The van der Waals surface area contributed by atoms with E-state index in [2.05, 4.69) is 0 Å². The molecule has 2 atom stereocenters. The molecule has 0 spiro atoms. The highest BCUT2D eigenvalue weighted by molar-refractivity contribution is 5.85. The van der Waals surface area contributed by atoms with Crippen LogP contribution < -0.4 is 0 Å². The van der Waals surface area contributed by atoms with Crippen LogP contribution in [0.5, 0.6) is 0 Å². The number of hydrogen-bond acceptors (Lipinski definition) is 3. The Morgan fingerprint density at radius 3 is 3.07 bits per heavy atom. The third-order valence-corrected chi connectivity index (χ3v) is 2.88. The first-order chi connectivity index (χ1) is 6.68. The number of ether oxygens (including phenoxy) is 1. The highest BCUT2D eigenvalue weighted by Crippen LogP contribution is 2.30. The van der Waals surface area contributed by atoms with Crippen LogP contribution in [0.2, 0.25) is 0 Å². The molecule has 2 unspecified atom stereocenters. The monoisotopic (exact) mass is 199 g/mol. The van der Waals surface area contributed by atoms with Gasteiger partial charge in [0, 0.05) is 25.0 Å². The first-order valence-corrected chi connectivity index (χ1v) is 4.77. The fourth-order valence-electron chi connectivity index (χ4n) is 2.22. The van der Waals surface area contributed by atoms with E-state index in [0.29, 0.717) is 19.8 Å². The average Bonchev–Trinajstić information content (AvgIpc) is 2.44. The number of hydrogen-bond donors (Lipinski definition) is 1. The van der Waals surface area contributed by atoms with Crippen molar-refractivity contribution < 1.29 is 19.4 Å². The van der Waals surface area contributed by atoms with E-state index in [-0.39, 0.29) is 24.3 Å². The van der Waals surface area contributed by atoms with Crippen LogP contribution in [0.3, 0.4) is 0 Å². The second kappa shape index (κ2) is 3.57. The molecule has 0 aromatic heterocycles. The third kappa shape index (κ3) is 1.59. The molecule has 2 aliphatic rings. The number of likely N-dealkylation sites (tertiary alicyclic amines) is 1. The predicted molar refractivity (Wildman–Crippen MR) is 46.6 cm³/mol. The fourth-order valence-corrected chi connectivity index (χ4v) is 2.22. The lowest BCUT2D eigenvalue weighted by molar-refractivity contribution is -0.143. The zero-order valence-corrected chi connectivity index (χ0v) is 7.81. The molecule has 2 rings (SSSR count). The molecular weight excluding hydrogens is 186 g/mol. The summed E-state index contributed by atoms with van der Waals surface area (Å²) in [6, 6.07) is 0. The summed E-state index contributed by atoms with van der Waals surface area (Å²) in [5, 5.41) is 8.60. The van der Waals surface area contributed by atoms with Crippen molar-refractivity contribution >= 4 is 11.9 Å². The van der Waals surface area contributed by atoms with Crippen LogP contribution in [0.4, 0.5) is 0 Å². The van der Waals surface area contributed by atoms with Gasteiger partial charge in [-0.2, -0.15) is 0 Å². The summed E-state index contributed by atoms with van der Waals surface area (Å²) in [5.74, 6) is -0.752. The first kappa shape index (κ1) is 9.45. The maximum atomic E-state index is 11.7. The summed E-state index contributed by atoms with van der Waals surface area (Å²) in [6.07, 6.45) is 0.736. The number of fused-ring (bicyclic) bond motifs is 1. The van der Waals surface area contributed by atoms with Crippen molar-refractivity contribution in [3.63, 3.8) is 0 Å². The Kier molecular flexibility index (Phi) is 2.41. The summed E-state index contributed by atoms with van der Waals surface area (Å²) in [7, 11) is 0. The van der Waals surface area contributed by atoms with Crippen molar-refractivity contribution in [3.05, 3.63) is 0 Å². The maximum absolute atomic E-state index is 11.7. The molecule has 0 bridgehead atoms. The average molecular weight is 199 g/mol. The minimum atomic E-state index is -0.946. The van der Waals surface area contributed by atoms with Crippen molar-refractivity contribution in [2.45, 2.75) is 6.42 Å². The van der Waals surface area contributed by atoms with Gasteiger partial charge in [0.2, 0.25) is 5.91 Å². The quantitative estimate of drug-likeness (QED) is 0.655. The lowest BCUT2D eigenvalue weighted by atomic mass is 9.92. The van der Waals surface area contributed by atoms with Crippen LogP contribution in [0, 0.1) is 11.8 Å². The minimum Gasteiger partial charge on any atom is -0.480 e. The molecule has 2 aliphatic heterocycles. The molecule has 0 aromatic rings. The number of amides is 1. The Bertz CT molecular complexity index is 266. The summed E-state index contributed by atoms with van der Waals surface area (Å²) >= 11 is 0. The van der Waals surface area contributed by atoms with Crippen LogP contribution in [0.15, 0.2) is 0 Å². The van der Waals surface area contributed by atoms with Gasteiger partial charge in [0.25, 0.3) is 0 Å². The lowest BCUT2D eigenvalue weighted by Gasteiger charge is -2.21. The van der Waals surface area contributed by atoms with E-state index >= 15 is 0 Å². The van der Waals surface area contributed by atoms with Crippen molar-refractivity contribution in [2.75, 3.05) is 26.3 Å². The number of nitrogens with zero attached hydrogens (tertiary/aromatic N) is 1. The molecule has 2 fully saturated rings. The molecule has 2 saturated heterocycles. The van der Waals surface area contributed by atoms with Gasteiger partial charge in [-0.1, -0.05) is 0 Å². The molecule has 1 amide bonds. The van der Waals surface area contributed by atoms with E-state index in [1.807, 2.05) is 0 Å². The molecule has 2 heterocycles. The van der Waals surface area contributed by atoms with Gasteiger partial charge in [-0.3, -0.25) is 9.59 Å². The molecular formula is C9H13NO4. The smallest absolute Gasteiger partial charge is 0.323 e. The zero-order chi connectivity index (χ0) is 10.1. The van der Waals surface area contributed by atoms with Crippen molar-refractivity contribution in [3.8, 4) is 0 Å². The van der Waals surface area contributed by atoms with Crippen LogP contribution in [0.1, 0.15) is 6.42 Å². The summed E-state index contributed by atoms with van der Waals surface area (Å²) in [6.45, 7) is 1.57. The van der Waals surface area contributed by atoms with Crippen LogP contribution in [0.25, 0.3) is 0 Å². The lowest BCUT2D eigenvalue weighted by Crippen LogP contribution is -2.32. The summed E-state index contributed by atoms with van der Waals surface area (Å²) < 4.78 is 5.26. The van der Waals surface area contributed by atoms with E-state index in [4.69, 9.17) is 9.84 Å². The highest BCUT2D eigenvalue weighted by atomic mass is 16.5. The Hall–Kier alpha value is -1.10. The number of carboxylic acids is 1. The zero-order valence-electron chi connectivity index (χ0n) is 7.81. The van der Waals surface area contributed by atoms with E-state index in [0.717, 1.165) is 6.42 Å². The topological polar surface area (TPSA) is 66.8 Å². The number of carbonyl (C=O) groups is 2. The van der Waals surface area contributed by atoms with Gasteiger partial charge in [0.05, 0.1) is 6.61 Å². The van der Waals surface area contributed by atoms with Crippen LogP contribution in [-0.2, 0) is 14.3 Å². The molecule has 0 saturated carbocycles. The Balaban J connectivity index is 2.02. The normalized spacial score (nSPS) is 31.7. The van der Waals surface area contributed by atoms with Gasteiger partial charge in [0.15, 0.2) is 0 Å². The van der Waals surface area contributed by atoms with Crippen molar-refractivity contribution in [1.29, 1.82) is 0 Å². The van der Waals surface area contributed by atoms with E-state index in [1.165, 1.54) is 4.90 Å². The second-order valence-corrected chi connectivity index (χ2v) is 3.84.